The highest BCUT2D eigenvalue weighted by molar-refractivity contribution is 5.76. The number of likely N-dealkylation sites (N-methyl/N-ethyl adjacent to an activating group) is 1. The van der Waals surface area contributed by atoms with Gasteiger partial charge in [0, 0.05) is 18.5 Å². The lowest BCUT2D eigenvalue weighted by Gasteiger charge is -2.43. The van der Waals surface area contributed by atoms with E-state index in [-0.39, 0.29) is 11.4 Å². The summed E-state index contributed by atoms with van der Waals surface area (Å²) in [5, 5.41) is 6.37. The van der Waals surface area contributed by atoms with Crippen molar-refractivity contribution in [2.24, 2.45) is 5.92 Å². The van der Waals surface area contributed by atoms with Crippen molar-refractivity contribution < 1.29 is 4.79 Å². The smallest absolute Gasteiger partial charge is 0.220 e. The molecular formula is C14H27N3O. The van der Waals surface area contributed by atoms with Crippen molar-refractivity contribution in [3.63, 3.8) is 0 Å². The SMILES string of the molecule is CN(C)C1(CNC(=O)CC2CNC2)CCCCC1. The van der Waals surface area contributed by atoms with Crippen molar-refractivity contribution in [2.75, 3.05) is 33.7 Å². The number of hydrogen-bond acceptors (Lipinski definition) is 3. The van der Waals surface area contributed by atoms with E-state index < -0.39 is 0 Å². The molecule has 0 spiro atoms. The first-order valence-corrected chi connectivity index (χ1v) is 7.27. The second-order valence-corrected chi connectivity index (χ2v) is 6.18. The van der Waals surface area contributed by atoms with Crippen LogP contribution in [0.4, 0.5) is 0 Å². The summed E-state index contributed by atoms with van der Waals surface area (Å²) in [4.78, 5) is 14.2. The average Bonchev–Trinajstić information content (AvgIpc) is 2.32. The van der Waals surface area contributed by atoms with E-state index in [0.29, 0.717) is 12.3 Å². The summed E-state index contributed by atoms with van der Waals surface area (Å²) in [6.07, 6.45) is 7.05. The Morgan fingerprint density at radius 3 is 2.44 bits per heavy atom. The topological polar surface area (TPSA) is 44.4 Å². The number of carbonyl (C=O) groups excluding carboxylic acids is 1. The molecule has 4 nitrogen and oxygen atoms in total. The van der Waals surface area contributed by atoms with Crippen molar-refractivity contribution in [1.82, 2.24) is 15.5 Å². The van der Waals surface area contributed by atoms with Crippen LogP contribution < -0.4 is 10.6 Å². The molecule has 1 heterocycles. The molecule has 1 saturated carbocycles. The lowest BCUT2D eigenvalue weighted by atomic mass is 9.80. The Bertz CT molecular complexity index is 281. The van der Waals surface area contributed by atoms with Crippen LogP contribution >= 0.6 is 0 Å². The Kier molecular flexibility index (Phi) is 4.62. The highest BCUT2D eigenvalue weighted by atomic mass is 16.1. The second kappa shape index (κ2) is 6.02. The molecule has 0 bridgehead atoms. The first-order chi connectivity index (χ1) is 8.62. The standard InChI is InChI=1S/C14H27N3O/c1-17(2)14(6-4-3-5-7-14)11-16-13(18)8-12-9-15-10-12/h12,15H,3-11H2,1-2H3,(H,16,18). The molecule has 104 valence electrons. The van der Waals surface area contributed by atoms with E-state index in [1.807, 2.05) is 0 Å². The highest BCUT2D eigenvalue weighted by Gasteiger charge is 2.34. The summed E-state index contributed by atoms with van der Waals surface area (Å²) < 4.78 is 0. The number of nitrogens with one attached hydrogen (secondary N) is 2. The van der Waals surface area contributed by atoms with Crippen LogP contribution in [0.1, 0.15) is 38.5 Å². The normalized spacial score (nSPS) is 23.7. The third-order valence-corrected chi connectivity index (χ3v) is 4.69. The largest absolute Gasteiger partial charge is 0.354 e. The quantitative estimate of drug-likeness (QED) is 0.767. The minimum absolute atomic E-state index is 0.200. The molecule has 1 aliphatic heterocycles. The third kappa shape index (κ3) is 3.23. The van der Waals surface area contributed by atoms with Crippen molar-refractivity contribution in [3.8, 4) is 0 Å². The Balaban J connectivity index is 1.79. The van der Waals surface area contributed by atoms with E-state index in [1.54, 1.807) is 0 Å². The van der Waals surface area contributed by atoms with Crippen LogP contribution in [0.25, 0.3) is 0 Å². The Morgan fingerprint density at radius 2 is 1.94 bits per heavy atom. The van der Waals surface area contributed by atoms with Gasteiger partial charge in [-0.3, -0.25) is 4.79 Å². The Morgan fingerprint density at radius 1 is 1.28 bits per heavy atom. The second-order valence-electron chi connectivity index (χ2n) is 6.18. The van der Waals surface area contributed by atoms with E-state index in [0.717, 1.165) is 19.6 Å². The van der Waals surface area contributed by atoms with Crippen LogP contribution in [-0.4, -0.2) is 50.1 Å². The minimum Gasteiger partial charge on any atom is -0.354 e. The van der Waals surface area contributed by atoms with Gasteiger partial charge in [0.05, 0.1) is 0 Å². The van der Waals surface area contributed by atoms with E-state index in [4.69, 9.17) is 0 Å². The summed E-state index contributed by atoms with van der Waals surface area (Å²) in [7, 11) is 4.29. The summed E-state index contributed by atoms with van der Waals surface area (Å²) in [5.74, 6) is 0.792. The lowest BCUT2D eigenvalue weighted by molar-refractivity contribution is -0.123. The minimum atomic E-state index is 0.200. The van der Waals surface area contributed by atoms with Crippen LogP contribution in [0.15, 0.2) is 0 Å². The van der Waals surface area contributed by atoms with E-state index in [1.165, 1.54) is 32.1 Å². The molecule has 0 radical (unpaired) electrons. The van der Waals surface area contributed by atoms with Crippen LogP contribution in [0, 0.1) is 5.92 Å². The van der Waals surface area contributed by atoms with Crippen LogP contribution in [-0.2, 0) is 4.79 Å². The number of hydrogen-bond donors (Lipinski definition) is 2. The van der Waals surface area contributed by atoms with Crippen molar-refractivity contribution in [3.05, 3.63) is 0 Å². The molecule has 0 unspecified atom stereocenters. The maximum Gasteiger partial charge on any atom is 0.220 e. The van der Waals surface area contributed by atoms with Gasteiger partial charge in [0.1, 0.15) is 0 Å². The molecule has 1 saturated heterocycles. The molecule has 2 rings (SSSR count). The molecule has 2 N–H and O–H groups in total. The van der Waals surface area contributed by atoms with Gasteiger partial charge >= 0.3 is 0 Å². The zero-order valence-corrected chi connectivity index (χ0v) is 11.8. The predicted octanol–water partition coefficient (Wildman–Crippen LogP) is 0.977. The zero-order valence-electron chi connectivity index (χ0n) is 11.8. The molecule has 0 aromatic heterocycles. The van der Waals surface area contributed by atoms with Gasteiger partial charge in [0.15, 0.2) is 0 Å². The summed E-state index contributed by atoms with van der Waals surface area (Å²) in [5.41, 5.74) is 0.200. The van der Waals surface area contributed by atoms with Gasteiger partial charge in [-0.2, -0.15) is 0 Å². The molecule has 0 aromatic carbocycles. The first kappa shape index (κ1) is 13.8. The summed E-state index contributed by atoms with van der Waals surface area (Å²) in [6, 6.07) is 0. The molecule has 0 atom stereocenters. The number of carbonyl (C=O) groups is 1. The number of nitrogens with zero attached hydrogens (tertiary/aromatic N) is 1. The van der Waals surface area contributed by atoms with Crippen LogP contribution in [0.5, 0.6) is 0 Å². The van der Waals surface area contributed by atoms with Crippen molar-refractivity contribution in [1.29, 1.82) is 0 Å². The Hall–Kier alpha value is -0.610. The molecule has 1 aliphatic carbocycles. The molecule has 18 heavy (non-hydrogen) atoms. The van der Waals surface area contributed by atoms with Gasteiger partial charge in [0.25, 0.3) is 0 Å². The Labute approximate surface area is 110 Å². The van der Waals surface area contributed by atoms with Crippen LogP contribution in [0.2, 0.25) is 0 Å². The molecule has 2 fully saturated rings. The third-order valence-electron chi connectivity index (χ3n) is 4.69. The van der Waals surface area contributed by atoms with E-state index in [2.05, 4.69) is 29.6 Å². The lowest BCUT2D eigenvalue weighted by Crippen LogP contribution is -2.54. The van der Waals surface area contributed by atoms with E-state index in [9.17, 15) is 4.79 Å². The average molecular weight is 253 g/mol. The summed E-state index contributed by atoms with van der Waals surface area (Å²) in [6.45, 7) is 2.83. The monoisotopic (exact) mass is 253 g/mol. The highest BCUT2D eigenvalue weighted by Crippen LogP contribution is 2.31. The fourth-order valence-corrected chi connectivity index (χ4v) is 3.08. The van der Waals surface area contributed by atoms with Crippen LogP contribution in [0.3, 0.4) is 0 Å². The molecular weight excluding hydrogens is 226 g/mol. The van der Waals surface area contributed by atoms with Crippen molar-refractivity contribution in [2.45, 2.75) is 44.1 Å². The van der Waals surface area contributed by atoms with E-state index >= 15 is 0 Å². The zero-order chi connectivity index (χ0) is 13.0. The van der Waals surface area contributed by atoms with Gasteiger partial charge in [-0.05, 0) is 45.9 Å². The maximum absolute atomic E-state index is 11.9. The van der Waals surface area contributed by atoms with Gasteiger partial charge in [-0.15, -0.1) is 0 Å². The molecule has 1 amide bonds. The van der Waals surface area contributed by atoms with Gasteiger partial charge < -0.3 is 15.5 Å². The van der Waals surface area contributed by atoms with Gasteiger partial charge in [-0.25, -0.2) is 0 Å². The number of amides is 1. The first-order valence-electron chi connectivity index (χ1n) is 7.27. The van der Waals surface area contributed by atoms with Crippen molar-refractivity contribution >= 4 is 5.91 Å². The molecule has 2 aliphatic rings. The predicted molar refractivity (Wildman–Crippen MR) is 73.5 cm³/mol. The summed E-state index contributed by atoms with van der Waals surface area (Å²) >= 11 is 0. The maximum atomic E-state index is 11.9. The fraction of sp³-hybridized carbons (Fsp3) is 0.929. The number of rotatable bonds is 5. The van der Waals surface area contributed by atoms with Gasteiger partial charge in [-0.1, -0.05) is 19.3 Å². The fourth-order valence-electron chi connectivity index (χ4n) is 3.08. The van der Waals surface area contributed by atoms with Gasteiger partial charge in [0.2, 0.25) is 5.91 Å². The molecule has 4 heteroatoms. The molecule has 0 aromatic rings.